The molecule has 196 valence electrons. The summed E-state index contributed by atoms with van der Waals surface area (Å²) in [5.41, 5.74) is 3.17. The maximum atomic E-state index is 14.1. The Hall–Kier alpha value is -4.34. The third kappa shape index (κ3) is 5.49. The van der Waals surface area contributed by atoms with Gasteiger partial charge in [0.25, 0.3) is 5.91 Å². The fourth-order valence-electron chi connectivity index (χ4n) is 4.87. The second-order valence-corrected chi connectivity index (χ2v) is 9.78. The Bertz CT molecular complexity index is 1420. The van der Waals surface area contributed by atoms with Crippen molar-refractivity contribution in [3.05, 3.63) is 77.3 Å². The molecule has 2 amide bonds. The van der Waals surface area contributed by atoms with Crippen LogP contribution in [0.3, 0.4) is 0 Å². The maximum absolute atomic E-state index is 14.1. The molecule has 1 N–H and O–H groups in total. The van der Waals surface area contributed by atoms with Crippen LogP contribution in [0.2, 0.25) is 0 Å². The highest BCUT2D eigenvalue weighted by Crippen LogP contribution is 2.32. The van der Waals surface area contributed by atoms with Crippen LogP contribution in [0.4, 0.5) is 5.69 Å². The quantitative estimate of drug-likeness (QED) is 0.377. The van der Waals surface area contributed by atoms with Crippen LogP contribution in [-0.2, 0) is 16.1 Å². The minimum Gasteiger partial charge on any atom is -0.458 e. The van der Waals surface area contributed by atoms with Crippen molar-refractivity contribution < 1.29 is 14.0 Å². The molecular formula is C28H31N7O3. The van der Waals surface area contributed by atoms with Gasteiger partial charge in [0.1, 0.15) is 18.3 Å². The first-order valence-electron chi connectivity index (χ1n) is 12.8. The summed E-state index contributed by atoms with van der Waals surface area (Å²) < 4.78 is 5.59. The zero-order valence-corrected chi connectivity index (χ0v) is 21.8. The molecule has 3 aromatic heterocycles. The minimum atomic E-state index is -0.901. The van der Waals surface area contributed by atoms with Crippen molar-refractivity contribution in [3.63, 3.8) is 0 Å². The lowest BCUT2D eigenvalue weighted by Gasteiger charge is -2.33. The van der Waals surface area contributed by atoms with Gasteiger partial charge in [0, 0.05) is 24.1 Å². The first-order valence-corrected chi connectivity index (χ1v) is 12.8. The highest BCUT2D eigenvalue weighted by molar-refractivity contribution is 6.01. The number of rotatable bonds is 8. The van der Waals surface area contributed by atoms with Crippen LogP contribution in [0.15, 0.2) is 59.3 Å². The first-order chi connectivity index (χ1) is 18.4. The monoisotopic (exact) mass is 513 g/mol. The van der Waals surface area contributed by atoms with E-state index in [1.54, 1.807) is 35.5 Å². The average Bonchev–Trinajstić information content (AvgIpc) is 3.67. The van der Waals surface area contributed by atoms with Gasteiger partial charge in [-0.25, -0.2) is 0 Å². The molecule has 0 aliphatic heterocycles. The molecule has 1 aliphatic rings. The van der Waals surface area contributed by atoms with Gasteiger partial charge in [0.05, 0.1) is 0 Å². The second kappa shape index (κ2) is 11.0. The van der Waals surface area contributed by atoms with E-state index in [0.29, 0.717) is 17.0 Å². The molecular weight excluding hydrogens is 482 g/mol. The number of hydrogen-bond acceptors (Lipinski definition) is 7. The summed E-state index contributed by atoms with van der Waals surface area (Å²) in [6, 6.07) is 12.2. The van der Waals surface area contributed by atoms with E-state index in [2.05, 4.69) is 25.7 Å². The molecule has 0 saturated heterocycles. The number of benzene rings is 1. The summed E-state index contributed by atoms with van der Waals surface area (Å²) in [4.78, 5) is 34.8. The summed E-state index contributed by atoms with van der Waals surface area (Å²) in [7, 11) is 0. The van der Waals surface area contributed by atoms with E-state index in [1.165, 1.54) is 4.80 Å². The maximum Gasteiger partial charge on any atom is 0.251 e. The molecule has 1 fully saturated rings. The smallest absolute Gasteiger partial charge is 0.251 e. The van der Waals surface area contributed by atoms with Crippen molar-refractivity contribution in [2.75, 3.05) is 4.90 Å². The Morgan fingerprint density at radius 3 is 2.55 bits per heavy atom. The Labute approximate surface area is 221 Å². The molecule has 10 heteroatoms. The fraction of sp³-hybridized carbons (Fsp3) is 0.357. The van der Waals surface area contributed by atoms with Crippen molar-refractivity contribution in [3.8, 4) is 11.6 Å². The summed E-state index contributed by atoms with van der Waals surface area (Å²) in [5, 5.41) is 15.7. The molecule has 1 aromatic carbocycles. The molecule has 38 heavy (non-hydrogen) atoms. The van der Waals surface area contributed by atoms with Gasteiger partial charge in [-0.2, -0.15) is 4.80 Å². The number of nitrogens with one attached hydrogen (secondary N) is 1. The number of nitrogens with zero attached hydrogens (tertiary/aromatic N) is 6. The minimum absolute atomic E-state index is 0.0960. The van der Waals surface area contributed by atoms with Crippen LogP contribution in [0.1, 0.15) is 54.2 Å². The molecule has 10 nitrogen and oxygen atoms in total. The molecule has 4 aromatic rings. The average molecular weight is 514 g/mol. The Balaban J connectivity index is 1.53. The first kappa shape index (κ1) is 25.3. The summed E-state index contributed by atoms with van der Waals surface area (Å²) >= 11 is 0. The number of furan rings is 1. The predicted octanol–water partition coefficient (Wildman–Crippen LogP) is 4.09. The number of aromatic nitrogens is 5. The Morgan fingerprint density at radius 2 is 1.84 bits per heavy atom. The number of hydrogen-bond donors (Lipinski definition) is 1. The molecule has 0 unspecified atom stereocenters. The zero-order valence-electron chi connectivity index (χ0n) is 21.8. The number of carbonyl (C=O) groups is 2. The van der Waals surface area contributed by atoms with Crippen molar-refractivity contribution in [2.45, 2.75) is 65.1 Å². The summed E-state index contributed by atoms with van der Waals surface area (Å²) in [5.74, 6) is 0.909. The van der Waals surface area contributed by atoms with Gasteiger partial charge in [-0.1, -0.05) is 25.0 Å². The third-order valence-electron chi connectivity index (χ3n) is 6.81. The van der Waals surface area contributed by atoms with Gasteiger partial charge in [-0.05, 0) is 85.8 Å². The topological polar surface area (TPSA) is 119 Å². The molecule has 0 bridgehead atoms. The lowest BCUT2D eigenvalue weighted by molar-refractivity contribution is -0.127. The second-order valence-electron chi connectivity index (χ2n) is 9.78. The van der Waals surface area contributed by atoms with E-state index in [4.69, 9.17) is 4.42 Å². The number of carbonyl (C=O) groups excluding carboxylic acids is 2. The van der Waals surface area contributed by atoms with Crippen LogP contribution < -0.4 is 10.2 Å². The van der Waals surface area contributed by atoms with Crippen LogP contribution in [0.5, 0.6) is 0 Å². The molecule has 1 saturated carbocycles. The Kier molecular flexibility index (Phi) is 7.30. The zero-order chi connectivity index (χ0) is 26.6. The van der Waals surface area contributed by atoms with Crippen LogP contribution in [0, 0.1) is 20.8 Å². The summed E-state index contributed by atoms with van der Waals surface area (Å²) in [6.07, 6.45) is 7.30. The van der Waals surface area contributed by atoms with E-state index in [1.807, 2.05) is 45.0 Å². The van der Waals surface area contributed by atoms with Gasteiger partial charge < -0.3 is 9.73 Å². The SMILES string of the molecule is Cc1ccc(C)c(N(C(=O)Cn2nnc(-c3ccc(C)o3)n2)[C@@H](C(=O)NC2CCCC2)c2ccncc2)c1. The van der Waals surface area contributed by atoms with E-state index < -0.39 is 6.04 Å². The van der Waals surface area contributed by atoms with Gasteiger partial charge in [-0.15, -0.1) is 10.2 Å². The van der Waals surface area contributed by atoms with Crippen molar-refractivity contribution in [2.24, 2.45) is 0 Å². The highest BCUT2D eigenvalue weighted by Gasteiger charge is 2.35. The van der Waals surface area contributed by atoms with Crippen LogP contribution >= 0.6 is 0 Å². The molecule has 1 aliphatic carbocycles. The van der Waals surface area contributed by atoms with Crippen LogP contribution in [0.25, 0.3) is 11.6 Å². The highest BCUT2D eigenvalue weighted by atomic mass is 16.3. The number of anilines is 1. The van der Waals surface area contributed by atoms with E-state index in [9.17, 15) is 9.59 Å². The standard InChI is InChI=1S/C28H31N7O3/c1-18-8-9-19(2)23(16-18)35(25(36)17-34-32-27(31-33-34)24-11-10-20(3)38-24)26(21-12-14-29-15-13-21)28(37)30-22-6-4-5-7-22/h8-16,22,26H,4-7,17H2,1-3H3,(H,30,37)/t26-/m1/s1. The van der Waals surface area contributed by atoms with Gasteiger partial charge in [-0.3, -0.25) is 19.5 Å². The summed E-state index contributed by atoms with van der Waals surface area (Å²) in [6.45, 7) is 5.51. The number of pyridine rings is 1. The van der Waals surface area contributed by atoms with Gasteiger partial charge in [0.15, 0.2) is 5.76 Å². The normalized spacial score (nSPS) is 14.4. The number of amides is 2. The van der Waals surface area contributed by atoms with Gasteiger partial charge >= 0.3 is 0 Å². The lowest BCUT2D eigenvalue weighted by atomic mass is 10.0. The van der Waals surface area contributed by atoms with Crippen molar-refractivity contribution >= 4 is 17.5 Å². The Morgan fingerprint density at radius 1 is 1.08 bits per heavy atom. The molecule has 0 spiro atoms. The molecule has 3 heterocycles. The van der Waals surface area contributed by atoms with Crippen molar-refractivity contribution in [1.82, 2.24) is 30.5 Å². The fourth-order valence-corrected chi connectivity index (χ4v) is 4.87. The van der Waals surface area contributed by atoms with E-state index in [-0.39, 0.29) is 30.2 Å². The van der Waals surface area contributed by atoms with Gasteiger partial charge in [0.2, 0.25) is 11.7 Å². The van der Waals surface area contributed by atoms with Crippen LogP contribution in [-0.4, -0.2) is 43.0 Å². The third-order valence-corrected chi connectivity index (χ3v) is 6.81. The molecule has 1 atom stereocenters. The van der Waals surface area contributed by atoms with E-state index in [0.717, 1.165) is 42.6 Å². The molecule has 5 rings (SSSR count). The number of aryl methyl sites for hydroxylation is 3. The molecule has 0 radical (unpaired) electrons. The largest absolute Gasteiger partial charge is 0.458 e. The predicted molar refractivity (Wildman–Crippen MR) is 141 cm³/mol. The van der Waals surface area contributed by atoms with Crippen molar-refractivity contribution in [1.29, 1.82) is 0 Å². The lowest BCUT2D eigenvalue weighted by Crippen LogP contribution is -2.47. The number of tetrazole rings is 1. The van der Waals surface area contributed by atoms with E-state index >= 15 is 0 Å².